The first-order valence-corrected chi connectivity index (χ1v) is 6.01. The van der Waals surface area contributed by atoms with Crippen LogP contribution in [0.4, 0.5) is 4.39 Å². The molecular weight excluding hydrogens is 231 g/mol. The van der Waals surface area contributed by atoms with Gasteiger partial charge in [-0.3, -0.25) is 4.79 Å². The molecule has 2 rings (SSSR count). The Kier molecular flexibility index (Phi) is 3.77. The molecule has 1 aromatic rings. The number of rotatable bonds is 2. The van der Waals surface area contributed by atoms with Crippen molar-refractivity contribution in [3.05, 3.63) is 41.2 Å². The second-order valence-electron chi connectivity index (χ2n) is 4.58. The van der Waals surface area contributed by atoms with Gasteiger partial charge in [-0.15, -0.1) is 0 Å². The van der Waals surface area contributed by atoms with Gasteiger partial charge in [0.25, 0.3) is 5.91 Å². The van der Waals surface area contributed by atoms with E-state index in [0.29, 0.717) is 0 Å². The minimum absolute atomic E-state index is 0.123. The van der Waals surface area contributed by atoms with Crippen LogP contribution >= 0.6 is 0 Å². The van der Waals surface area contributed by atoms with E-state index in [2.05, 4.69) is 11.4 Å². The average molecular weight is 248 g/mol. The van der Waals surface area contributed by atoms with Crippen molar-refractivity contribution < 1.29 is 9.18 Å². The number of hydrogen-bond donors (Lipinski definition) is 1. The molecule has 1 aromatic carbocycles. The van der Waals surface area contributed by atoms with Crippen molar-refractivity contribution in [1.29, 1.82) is 0 Å². The Balaban J connectivity index is 2.30. The lowest BCUT2D eigenvalue weighted by molar-refractivity contribution is 0.0823. The molecule has 1 heterocycles. The highest BCUT2D eigenvalue weighted by Crippen LogP contribution is 2.22. The molecule has 0 saturated heterocycles. The van der Waals surface area contributed by atoms with Gasteiger partial charge in [0.2, 0.25) is 0 Å². The smallest absolute Gasteiger partial charge is 0.256 e. The van der Waals surface area contributed by atoms with Gasteiger partial charge < -0.3 is 10.2 Å². The molecule has 0 bridgehead atoms. The topological polar surface area (TPSA) is 32.3 Å². The van der Waals surface area contributed by atoms with Crippen molar-refractivity contribution in [3.63, 3.8) is 0 Å². The van der Waals surface area contributed by atoms with Crippen LogP contribution in [0, 0.1) is 5.82 Å². The molecule has 1 aliphatic heterocycles. The summed E-state index contributed by atoms with van der Waals surface area (Å²) in [7, 11) is 3.23. The van der Waals surface area contributed by atoms with E-state index >= 15 is 0 Å². The van der Waals surface area contributed by atoms with E-state index in [4.69, 9.17) is 0 Å². The van der Waals surface area contributed by atoms with Crippen molar-refractivity contribution in [1.82, 2.24) is 10.2 Å². The van der Waals surface area contributed by atoms with Crippen molar-refractivity contribution in [3.8, 4) is 0 Å². The van der Waals surface area contributed by atoms with Gasteiger partial charge in [-0.1, -0.05) is 12.1 Å². The lowest BCUT2D eigenvalue weighted by Crippen LogP contribution is -2.23. The van der Waals surface area contributed by atoms with Gasteiger partial charge in [0.05, 0.1) is 5.56 Å². The maximum absolute atomic E-state index is 13.9. The maximum atomic E-state index is 13.9. The Bertz CT molecular complexity index is 495. The van der Waals surface area contributed by atoms with Crippen LogP contribution in [0.25, 0.3) is 5.57 Å². The number of hydrogen-bond acceptors (Lipinski definition) is 2. The Morgan fingerprint density at radius 1 is 1.39 bits per heavy atom. The summed E-state index contributed by atoms with van der Waals surface area (Å²) in [5, 5.41) is 3.21. The first-order chi connectivity index (χ1) is 8.59. The van der Waals surface area contributed by atoms with Gasteiger partial charge in [-0.05, 0) is 36.2 Å². The molecular formula is C14H17FN2O. The Morgan fingerprint density at radius 2 is 2.17 bits per heavy atom. The van der Waals surface area contributed by atoms with E-state index in [9.17, 15) is 9.18 Å². The molecule has 0 fully saturated rings. The van der Waals surface area contributed by atoms with Gasteiger partial charge in [0.1, 0.15) is 5.82 Å². The molecule has 18 heavy (non-hydrogen) atoms. The SMILES string of the molecule is CN(C)C(=O)c1ccc(C2=CCNCC2)cc1F. The Morgan fingerprint density at radius 3 is 2.72 bits per heavy atom. The molecule has 0 aromatic heterocycles. The molecule has 4 heteroatoms. The van der Waals surface area contributed by atoms with E-state index in [1.165, 1.54) is 11.0 Å². The van der Waals surface area contributed by atoms with Crippen LogP contribution in [0.1, 0.15) is 22.3 Å². The molecule has 3 nitrogen and oxygen atoms in total. The summed E-state index contributed by atoms with van der Waals surface area (Å²) in [4.78, 5) is 13.1. The lowest BCUT2D eigenvalue weighted by atomic mass is 9.98. The highest BCUT2D eigenvalue weighted by molar-refractivity contribution is 5.94. The van der Waals surface area contributed by atoms with Crippen LogP contribution in [0.3, 0.4) is 0 Å². The summed E-state index contributed by atoms with van der Waals surface area (Å²) in [6.07, 6.45) is 2.95. The number of carbonyl (C=O) groups is 1. The number of halogens is 1. The van der Waals surface area contributed by atoms with E-state index in [0.717, 1.165) is 30.6 Å². The molecule has 0 saturated carbocycles. The summed E-state index contributed by atoms with van der Waals surface area (Å²) in [5.74, 6) is -0.760. The van der Waals surface area contributed by atoms with E-state index in [-0.39, 0.29) is 11.5 Å². The van der Waals surface area contributed by atoms with Crippen molar-refractivity contribution >= 4 is 11.5 Å². The molecule has 0 atom stereocenters. The van der Waals surface area contributed by atoms with E-state index in [1.54, 1.807) is 20.2 Å². The van der Waals surface area contributed by atoms with Crippen LogP contribution in [0.15, 0.2) is 24.3 Å². The fraction of sp³-hybridized carbons (Fsp3) is 0.357. The predicted octanol–water partition coefficient (Wildman–Crippen LogP) is 1.90. The zero-order valence-corrected chi connectivity index (χ0v) is 10.7. The average Bonchev–Trinajstić information content (AvgIpc) is 2.38. The van der Waals surface area contributed by atoms with Crippen molar-refractivity contribution in [2.45, 2.75) is 6.42 Å². The van der Waals surface area contributed by atoms with Crippen molar-refractivity contribution in [2.24, 2.45) is 0 Å². The van der Waals surface area contributed by atoms with Gasteiger partial charge in [0.15, 0.2) is 0 Å². The third-order valence-electron chi connectivity index (χ3n) is 3.04. The summed E-state index contributed by atoms with van der Waals surface area (Å²) < 4.78 is 13.9. The first-order valence-electron chi connectivity index (χ1n) is 6.01. The van der Waals surface area contributed by atoms with E-state index in [1.807, 2.05) is 6.07 Å². The summed E-state index contributed by atoms with van der Waals surface area (Å²) in [6.45, 7) is 1.72. The summed E-state index contributed by atoms with van der Waals surface area (Å²) in [6, 6.07) is 4.83. The summed E-state index contributed by atoms with van der Waals surface area (Å²) >= 11 is 0. The normalized spacial score (nSPS) is 15.2. The van der Waals surface area contributed by atoms with Crippen LogP contribution < -0.4 is 5.32 Å². The van der Waals surface area contributed by atoms with Crippen LogP contribution in [-0.4, -0.2) is 38.0 Å². The maximum Gasteiger partial charge on any atom is 0.256 e. The number of nitrogens with zero attached hydrogens (tertiary/aromatic N) is 1. The van der Waals surface area contributed by atoms with E-state index < -0.39 is 5.82 Å². The number of benzene rings is 1. The fourth-order valence-corrected chi connectivity index (χ4v) is 2.01. The van der Waals surface area contributed by atoms with Gasteiger partial charge in [-0.2, -0.15) is 0 Å². The number of amides is 1. The van der Waals surface area contributed by atoms with Crippen molar-refractivity contribution in [2.75, 3.05) is 27.2 Å². The van der Waals surface area contributed by atoms with Crippen LogP contribution in [-0.2, 0) is 0 Å². The molecule has 0 aliphatic carbocycles. The third-order valence-corrected chi connectivity index (χ3v) is 3.04. The molecule has 0 unspecified atom stereocenters. The predicted molar refractivity (Wildman–Crippen MR) is 69.9 cm³/mol. The Labute approximate surface area is 106 Å². The number of carbonyl (C=O) groups excluding carboxylic acids is 1. The summed E-state index contributed by atoms with van der Waals surface area (Å²) in [5.41, 5.74) is 2.12. The zero-order chi connectivity index (χ0) is 13.1. The highest BCUT2D eigenvalue weighted by atomic mass is 19.1. The minimum Gasteiger partial charge on any atom is -0.345 e. The fourth-order valence-electron chi connectivity index (χ4n) is 2.01. The second-order valence-corrected chi connectivity index (χ2v) is 4.58. The van der Waals surface area contributed by atoms with Gasteiger partial charge in [-0.25, -0.2) is 4.39 Å². The molecule has 0 spiro atoms. The zero-order valence-electron chi connectivity index (χ0n) is 10.7. The molecule has 96 valence electrons. The highest BCUT2D eigenvalue weighted by Gasteiger charge is 2.15. The minimum atomic E-state index is -0.453. The van der Waals surface area contributed by atoms with Gasteiger partial charge in [0, 0.05) is 20.6 Å². The number of nitrogens with one attached hydrogen (secondary N) is 1. The standard InChI is InChI=1S/C14H17FN2O/c1-17(2)14(18)12-4-3-11(9-13(12)15)10-5-7-16-8-6-10/h3-5,9,16H,6-8H2,1-2H3. The quantitative estimate of drug-likeness (QED) is 0.867. The largest absolute Gasteiger partial charge is 0.345 e. The monoisotopic (exact) mass is 248 g/mol. The van der Waals surface area contributed by atoms with Gasteiger partial charge >= 0.3 is 0 Å². The molecule has 1 aliphatic rings. The molecule has 1 N–H and O–H groups in total. The lowest BCUT2D eigenvalue weighted by Gasteiger charge is -2.16. The van der Waals surface area contributed by atoms with Crippen LogP contribution in [0.5, 0.6) is 0 Å². The second kappa shape index (κ2) is 5.31. The molecule has 0 radical (unpaired) electrons. The Hall–Kier alpha value is -1.68. The third kappa shape index (κ3) is 2.59. The molecule has 1 amide bonds. The first kappa shape index (κ1) is 12.8. The van der Waals surface area contributed by atoms with Crippen LogP contribution in [0.2, 0.25) is 0 Å².